The average Bonchev–Trinajstić information content (AvgIpc) is 2.81. The fourth-order valence-corrected chi connectivity index (χ4v) is 1.60. The molecule has 18 heavy (non-hydrogen) atoms. The Kier molecular flexibility index (Phi) is 3.02. The van der Waals surface area contributed by atoms with E-state index in [0.29, 0.717) is 5.56 Å². The molecule has 0 aliphatic heterocycles. The highest BCUT2D eigenvalue weighted by molar-refractivity contribution is 6.07. The summed E-state index contributed by atoms with van der Waals surface area (Å²) in [6, 6.07) is 7.97. The van der Waals surface area contributed by atoms with E-state index >= 15 is 0 Å². The maximum Gasteiger partial charge on any atom is 0.371 e. The van der Waals surface area contributed by atoms with Crippen LogP contribution < -0.4 is 0 Å². The predicted molar refractivity (Wildman–Crippen MR) is 65.0 cm³/mol. The molecule has 0 saturated carbocycles. The van der Waals surface area contributed by atoms with Gasteiger partial charge in [0.2, 0.25) is 11.5 Å². The van der Waals surface area contributed by atoms with Gasteiger partial charge in [0.25, 0.3) is 0 Å². The van der Waals surface area contributed by atoms with Gasteiger partial charge in [-0.2, -0.15) is 0 Å². The monoisotopic (exact) mass is 244 g/mol. The summed E-state index contributed by atoms with van der Waals surface area (Å²) in [5, 5.41) is 8.73. The molecule has 0 fully saturated rings. The Bertz CT molecular complexity index is 622. The first kappa shape index (κ1) is 12.1. The quantitative estimate of drug-likeness (QED) is 0.843. The van der Waals surface area contributed by atoms with Crippen molar-refractivity contribution in [3.63, 3.8) is 0 Å². The van der Waals surface area contributed by atoms with Crippen LogP contribution in [0.3, 0.4) is 0 Å². The Balaban J connectivity index is 2.35. The number of rotatable bonds is 3. The first-order valence-corrected chi connectivity index (χ1v) is 5.44. The van der Waals surface area contributed by atoms with Crippen LogP contribution in [0.15, 0.2) is 34.7 Å². The van der Waals surface area contributed by atoms with Crippen LogP contribution in [0.2, 0.25) is 0 Å². The Morgan fingerprint density at radius 1 is 1.00 bits per heavy atom. The number of aromatic carboxylic acids is 1. The highest BCUT2D eigenvalue weighted by atomic mass is 16.4. The lowest BCUT2D eigenvalue weighted by atomic mass is 10.0. The molecule has 0 aliphatic carbocycles. The molecule has 4 heteroatoms. The summed E-state index contributed by atoms with van der Waals surface area (Å²) in [6.07, 6.45) is 0. The van der Waals surface area contributed by atoms with E-state index in [0.717, 1.165) is 11.1 Å². The molecule has 1 heterocycles. The smallest absolute Gasteiger partial charge is 0.371 e. The Hall–Kier alpha value is -2.36. The summed E-state index contributed by atoms with van der Waals surface area (Å²) >= 11 is 0. The summed E-state index contributed by atoms with van der Waals surface area (Å²) in [7, 11) is 0. The van der Waals surface area contributed by atoms with Gasteiger partial charge in [0, 0.05) is 5.56 Å². The molecule has 0 saturated heterocycles. The summed E-state index contributed by atoms with van der Waals surface area (Å²) in [5.74, 6) is -1.70. The van der Waals surface area contributed by atoms with Crippen molar-refractivity contribution < 1.29 is 19.1 Å². The molecule has 0 bridgehead atoms. The van der Waals surface area contributed by atoms with Gasteiger partial charge in [0.15, 0.2) is 5.76 Å². The van der Waals surface area contributed by atoms with Gasteiger partial charge < -0.3 is 9.52 Å². The fourth-order valence-electron chi connectivity index (χ4n) is 1.60. The molecule has 0 aliphatic rings. The zero-order valence-corrected chi connectivity index (χ0v) is 10.1. The Morgan fingerprint density at radius 2 is 1.67 bits per heavy atom. The van der Waals surface area contributed by atoms with Crippen molar-refractivity contribution in [2.75, 3.05) is 0 Å². The number of hydrogen-bond donors (Lipinski definition) is 1. The zero-order valence-electron chi connectivity index (χ0n) is 10.1. The third-order valence-corrected chi connectivity index (χ3v) is 2.81. The summed E-state index contributed by atoms with van der Waals surface area (Å²) in [5.41, 5.74) is 2.59. The Morgan fingerprint density at radius 3 is 2.22 bits per heavy atom. The molecule has 92 valence electrons. The number of benzene rings is 1. The van der Waals surface area contributed by atoms with Gasteiger partial charge in [0.05, 0.1) is 0 Å². The second-order valence-corrected chi connectivity index (χ2v) is 4.10. The minimum absolute atomic E-state index is 0.0376. The van der Waals surface area contributed by atoms with Gasteiger partial charge in [-0.3, -0.25) is 4.79 Å². The van der Waals surface area contributed by atoms with E-state index in [9.17, 15) is 9.59 Å². The van der Waals surface area contributed by atoms with Crippen LogP contribution in [0.1, 0.15) is 37.8 Å². The van der Waals surface area contributed by atoms with E-state index in [2.05, 4.69) is 0 Å². The maximum absolute atomic E-state index is 12.1. The van der Waals surface area contributed by atoms with Crippen molar-refractivity contribution in [1.82, 2.24) is 0 Å². The van der Waals surface area contributed by atoms with Crippen molar-refractivity contribution in [3.05, 3.63) is 58.5 Å². The lowest BCUT2D eigenvalue weighted by molar-refractivity contribution is 0.0660. The number of carboxylic acid groups (broad SMARTS) is 1. The standard InChI is InChI=1S/C14H12O4/c1-8-3-4-10(7-9(8)2)13(15)11-5-6-12(18-11)14(16)17/h3-7H,1-2H3,(H,16,17). The van der Waals surface area contributed by atoms with Gasteiger partial charge >= 0.3 is 5.97 Å². The zero-order chi connectivity index (χ0) is 13.3. The van der Waals surface area contributed by atoms with Gasteiger partial charge in [-0.1, -0.05) is 12.1 Å². The highest BCUT2D eigenvalue weighted by Gasteiger charge is 2.16. The van der Waals surface area contributed by atoms with Crippen molar-refractivity contribution in [2.24, 2.45) is 0 Å². The van der Waals surface area contributed by atoms with E-state index in [1.807, 2.05) is 19.9 Å². The largest absolute Gasteiger partial charge is 0.475 e. The van der Waals surface area contributed by atoms with E-state index in [-0.39, 0.29) is 17.3 Å². The maximum atomic E-state index is 12.1. The SMILES string of the molecule is Cc1ccc(C(=O)c2ccc(C(=O)O)o2)cc1C. The second kappa shape index (κ2) is 4.49. The van der Waals surface area contributed by atoms with Gasteiger partial charge in [-0.25, -0.2) is 4.79 Å². The number of furan rings is 1. The van der Waals surface area contributed by atoms with E-state index in [4.69, 9.17) is 9.52 Å². The van der Waals surface area contributed by atoms with Crippen LogP contribution >= 0.6 is 0 Å². The molecule has 1 aromatic carbocycles. The number of hydrogen-bond acceptors (Lipinski definition) is 3. The first-order valence-electron chi connectivity index (χ1n) is 5.44. The normalized spacial score (nSPS) is 10.3. The summed E-state index contributed by atoms with van der Waals surface area (Å²) < 4.78 is 4.98. The fraction of sp³-hybridized carbons (Fsp3) is 0.143. The summed E-state index contributed by atoms with van der Waals surface area (Å²) in [4.78, 5) is 22.7. The molecule has 0 amide bonds. The lowest BCUT2D eigenvalue weighted by Crippen LogP contribution is -2.01. The molecule has 2 aromatic rings. The van der Waals surface area contributed by atoms with Crippen LogP contribution in [0.4, 0.5) is 0 Å². The average molecular weight is 244 g/mol. The van der Waals surface area contributed by atoms with Gasteiger partial charge in [-0.05, 0) is 43.2 Å². The van der Waals surface area contributed by atoms with Crippen LogP contribution in [0.25, 0.3) is 0 Å². The molecule has 0 spiro atoms. The number of carbonyl (C=O) groups excluding carboxylic acids is 1. The molecule has 2 rings (SSSR count). The highest BCUT2D eigenvalue weighted by Crippen LogP contribution is 2.16. The molecule has 1 N–H and O–H groups in total. The number of ketones is 1. The minimum Gasteiger partial charge on any atom is -0.475 e. The number of carbonyl (C=O) groups is 2. The predicted octanol–water partition coefficient (Wildman–Crippen LogP) is 2.83. The molecule has 0 atom stereocenters. The van der Waals surface area contributed by atoms with Crippen LogP contribution in [0, 0.1) is 13.8 Å². The molecule has 1 aromatic heterocycles. The van der Waals surface area contributed by atoms with Crippen LogP contribution in [-0.2, 0) is 0 Å². The van der Waals surface area contributed by atoms with Crippen LogP contribution in [0.5, 0.6) is 0 Å². The topological polar surface area (TPSA) is 67.5 Å². The van der Waals surface area contributed by atoms with E-state index < -0.39 is 5.97 Å². The molecule has 0 unspecified atom stereocenters. The number of carboxylic acids is 1. The van der Waals surface area contributed by atoms with Crippen LogP contribution in [-0.4, -0.2) is 16.9 Å². The van der Waals surface area contributed by atoms with Crippen molar-refractivity contribution in [3.8, 4) is 0 Å². The van der Waals surface area contributed by atoms with E-state index in [1.165, 1.54) is 12.1 Å². The van der Waals surface area contributed by atoms with E-state index in [1.54, 1.807) is 12.1 Å². The lowest BCUT2D eigenvalue weighted by Gasteiger charge is -2.02. The molecule has 0 radical (unpaired) electrons. The van der Waals surface area contributed by atoms with Crippen molar-refractivity contribution >= 4 is 11.8 Å². The molecular formula is C14H12O4. The minimum atomic E-state index is -1.19. The number of aryl methyl sites for hydroxylation is 2. The first-order chi connectivity index (χ1) is 8.49. The third-order valence-electron chi connectivity index (χ3n) is 2.81. The summed E-state index contributed by atoms with van der Waals surface area (Å²) in [6.45, 7) is 3.87. The van der Waals surface area contributed by atoms with Gasteiger partial charge in [-0.15, -0.1) is 0 Å². The molecular weight excluding hydrogens is 232 g/mol. The van der Waals surface area contributed by atoms with Crippen molar-refractivity contribution in [1.29, 1.82) is 0 Å². The second-order valence-electron chi connectivity index (χ2n) is 4.10. The third kappa shape index (κ3) is 2.18. The van der Waals surface area contributed by atoms with Crippen molar-refractivity contribution in [2.45, 2.75) is 13.8 Å². The molecule has 4 nitrogen and oxygen atoms in total. The van der Waals surface area contributed by atoms with Gasteiger partial charge in [0.1, 0.15) is 0 Å². The Labute approximate surface area is 104 Å².